The highest BCUT2D eigenvalue weighted by Crippen LogP contribution is 2.52. The minimum atomic E-state index is -1.56. The largest absolute Gasteiger partial charge is 0.458 e. The molecule has 0 aromatic heterocycles. The average molecular weight is 429 g/mol. The van der Waals surface area contributed by atoms with Crippen molar-refractivity contribution in [2.24, 2.45) is 11.8 Å². The Kier molecular flexibility index (Phi) is 6.30. The molecule has 1 saturated heterocycles. The first kappa shape index (κ1) is 23.0. The van der Waals surface area contributed by atoms with Gasteiger partial charge in [0, 0.05) is 23.5 Å². The molecule has 5 atom stereocenters. The van der Waals surface area contributed by atoms with Crippen LogP contribution in [-0.2, 0) is 28.6 Å². The van der Waals surface area contributed by atoms with Crippen molar-refractivity contribution in [2.45, 2.75) is 79.1 Å². The molecular formula is C25H32O6. The van der Waals surface area contributed by atoms with E-state index in [1.165, 1.54) is 5.57 Å². The van der Waals surface area contributed by atoms with Crippen LogP contribution in [0.15, 0.2) is 46.1 Å². The fourth-order valence-corrected chi connectivity index (χ4v) is 4.83. The quantitative estimate of drug-likeness (QED) is 0.286. The van der Waals surface area contributed by atoms with Crippen molar-refractivity contribution in [3.05, 3.63) is 46.1 Å². The van der Waals surface area contributed by atoms with Crippen molar-refractivity contribution >= 4 is 17.9 Å². The molecule has 0 N–H and O–H groups in total. The molecule has 0 aromatic carbocycles. The third kappa shape index (κ3) is 3.88. The minimum Gasteiger partial charge on any atom is -0.458 e. The van der Waals surface area contributed by atoms with Gasteiger partial charge in [-0.25, -0.2) is 14.4 Å². The van der Waals surface area contributed by atoms with Gasteiger partial charge >= 0.3 is 17.9 Å². The van der Waals surface area contributed by atoms with Crippen LogP contribution in [0, 0.1) is 11.8 Å². The summed E-state index contributed by atoms with van der Waals surface area (Å²) in [7, 11) is 0. The van der Waals surface area contributed by atoms with Crippen LogP contribution < -0.4 is 0 Å². The fourth-order valence-electron chi connectivity index (χ4n) is 4.83. The molecule has 168 valence electrons. The van der Waals surface area contributed by atoms with E-state index >= 15 is 0 Å². The van der Waals surface area contributed by atoms with Gasteiger partial charge in [0.25, 0.3) is 0 Å². The number of esters is 3. The molecule has 0 aromatic rings. The van der Waals surface area contributed by atoms with Gasteiger partial charge in [-0.2, -0.15) is 0 Å². The maximum absolute atomic E-state index is 13.1. The van der Waals surface area contributed by atoms with E-state index in [9.17, 15) is 14.4 Å². The van der Waals surface area contributed by atoms with Crippen LogP contribution >= 0.6 is 0 Å². The number of hydrogen-bond donors (Lipinski definition) is 0. The Morgan fingerprint density at radius 3 is 2.35 bits per heavy atom. The summed E-state index contributed by atoms with van der Waals surface area (Å²) in [4.78, 5) is 38.4. The lowest BCUT2D eigenvalue weighted by atomic mass is 9.77. The average Bonchev–Trinajstić information content (AvgIpc) is 3.19. The minimum absolute atomic E-state index is 0.0937. The van der Waals surface area contributed by atoms with Crippen LogP contribution in [0.2, 0.25) is 0 Å². The lowest BCUT2D eigenvalue weighted by Gasteiger charge is -2.35. The van der Waals surface area contributed by atoms with Crippen LogP contribution in [0.5, 0.6) is 0 Å². The normalized spacial score (nSPS) is 33.3. The van der Waals surface area contributed by atoms with Gasteiger partial charge in [0.1, 0.15) is 12.2 Å². The van der Waals surface area contributed by atoms with E-state index in [-0.39, 0.29) is 5.92 Å². The Morgan fingerprint density at radius 2 is 1.74 bits per heavy atom. The maximum Gasteiger partial charge on any atom is 0.351 e. The topological polar surface area (TPSA) is 78.9 Å². The summed E-state index contributed by atoms with van der Waals surface area (Å²) in [6, 6.07) is 0. The third-order valence-electron chi connectivity index (χ3n) is 7.01. The molecule has 0 saturated carbocycles. The molecule has 1 fully saturated rings. The molecular weight excluding hydrogens is 396 g/mol. The molecule has 1 heterocycles. The van der Waals surface area contributed by atoms with Crippen molar-refractivity contribution in [1.82, 2.24) is 0 Å². The van der Waals surface area contributed by atoms with E-state index in [1.54, 1.807) is 46.8 Å². The molecule has 2 aliphatic carbocycles. The molecule has 0 amide bonds. The molecule has 0 bridgehead atoms. The summed E-state index contributed by atoms with van der Waals surface area (Å²) in [6.07, 6.45) is 5.50. The molecule has 3 aliphatic rings. The molecule has 0 spiro atoms. The Morgan fingerprint density at radius 1 is 1.13 bits per heavy atom. The molecule has 6 nitrogen and oxygen atoms in total. The first-order chi connectivity index (χ1) is 14.5. The number of ether oxygens (including phenoxy) is 3. The first-order valence-electron chi connectivity index (χ1n) is 10.8. The van der Waals surface area contributed by atoms with Crippen LogP contribution in [-0.4, -0.2) is 35.7 Å². The van der Waals surface area contributed by atoms with Crippen molar-refractivity contribution in [1.29, 1.82) is 0 Å². The van der Waals surface area contributed by atoms with Gasteiger partial charge in [0.05, 0.1) is 5.92 Å². The van der Waals surface area contributed by atoms with Crippen LogP contribution in [0.3, 0.4) is 0 Å². The Balaban J connectivity index is 2.08. The van der Waals surface area contributed by atoms with E-state index in [2.05, 4.69) is 6.08 Å². The summed E-state index contributed by atoms with van der Waals surface area (Å²) in [5.41, 5.74) is 2.76. The number of fused-ring (bicyclic) bond motifs is 3. The highest BCUT2D eigenvalue weighted by atomic mass is 16.6. The number of hydrogen-bond acceptors (Lipinski definition) is 6. The molecule has 0 radical (unpaired) electrons. The van der Waals surface area contributed by atoms with E-state index in [1.807, 2.05) is 13.8 Å². The Hall–Kier alpha value is -2.63. The summed E-state index contributed by atoms with van der Waals surface area (Å²) in [5, 5.41) is 0. The molecule has 1 aliphatic heterocycles. The molecule has 3 rings (SSSR count). The van der Waals surface area contributed by atoms with Gasteiger partial charge in [-0.1, -0.05) is 34.9 Å². The number of allylic oxidation sites excluding steroid dienone is 3. The number of carbonyl (C=O) groups is 3. The monoisotopic (exact) mass is 428 g/mol. The predicted molar refractivity (Wildman–Crippen MR) is 116 cm³/mol. The van der Waals surface area contributed by atoms with E-state index in [0.29, 0.717) is 17.6 Å². The van der Waals surface area contributed by atoms with Crippen molar-refractivity contribution in [2.75, 3.05) is 0 Å². The lowest BCUT2D eigenvalue weighted by Crippen LogP contribution is -2.50. The lowest BCUT2D eigenvalue weighted by molar-refractivity contribution is -0.175. The molecule has 6 heteroatoms. The highest BCUT2D eigenvalue weighted by molar-refractivity contribution is 5.92. The van der Waals surface area contributed by atoms with Gasteiger partial charge in [0.15, 0.2) is 0 Å². The summed E-state index contributed by atoms with van der Waals surface area (Å²) >= 11 is 0. The molecule has 0 unspecified atom stereocenters. The first-order valence-corrected chi connectivity index (χ1v) is 10.8. The highest BCUT2D eigenvalue weighted by Gasteiger charge is 2.64. The van der Waals surface area contributed by atoms with Crippen molar-refractivity contribution in [3.8, 4) is 0 Å². The van der Waals surface area contributed by atoms with Crippen molar-refractivity contribution < 1.29 is 28.6 Å². The maximum atomic E-state index is 13.1. The number of rotatable bonds is 4. The Bertz CT molecular complexity index is 934. The van der Waals surface area contributed by atoms with Crippen molar-refractivity contribution in [3.63, 3.8) is 0 Å². The van der Waals surface area contributed by atoms with Gasteiger partial charge in [-0.3, -0.25) is 0 Å². The number of carbonyl (C=O) groups excluding carboxylic acids is 3. The van der Waals surface area contributed by atoms with Gasteiger partial charge in [-0.15, -0.1) is 0 Å². The van der Waals surface area contributed by atoms with Crippen LogP contribution in [0.25, 0.3) is 0 Å². The zero-order valence-corrected chi connectivity index (χ0v) is 19.4. The van der Waals surface area contributed by atoms with E-state index in [4.69, 9.17) is 14.2 Å². The molecule has 31 heavy (non-hydrogen) atoms. The summed E-state index contributed by atoms with van der Waals surface area (Å²) in [6.45, 7) is 12.5. The van der Waals surface area contributed by atoms with Gasteiger partial charge in [0.2, 0.25) is 5.60 Å². The second-order valence-corrected chi connectivity index (χ2v) is 8.92. The fraction of sp³-hybridized carbons (Fsp3) is 0.560. The van der Waals surface area contributed by atoms with E-state index < -0.39 is 41.6 Å². The second-order valence-electron chi connectivity index (χ2n) is 8.92. The zero-order valence-electron chi connectivity index (χ0n) is 19.4. The van der Waals surface area contributed by atoms with Crippen LogP contribution in [0.1, 0.15) is 61.3 Å². The third-order valence-corrected chi connectivity index (χ3v) is 7.01. The summed E-state index contributed by atoms with van der Waals surface area (Å²) < 4.78 is 17.6. The zero-order chi connectivity index (χ0) is 23.1. The smallest absolute Gasteiger partial charge is 0.351 e. The second kappa shape index (κ2) is 8.48. The van der Waals surface area contributed by atoms with Gasteiger partial charge in [-0.05, 0) is 54.9 Å². The Labute approximate surface area is 184 Å². The standard InChI is InChI=1S/C25H32O6/c1-8-13(3)22(26)29-18-12-16(6)17-11-10-15(5)19(17)21-20(18)25(7,24(28)30-21)31-23(27)14(4)9-2/h8-10,18-21H,11-12H2,1-7H3/b13-8-,14-9-/t18-,19+,20+,21-,25-/m0/s1. The van der Waals surface area contributed by atoms with E-state index in [0.717, 1.165) is 17.6 Å². The van der Waals surface area contributed by atoms with Gasteiger partial charge < -0.3 is 14.2 Å². The summed E-state index contributed by atoms with van der Waals surface area (Å²) in [5.74, 6) is -2.33. The SMILES string of the molecule is C/C=C(/C)C(=O)O[C@H]1CC(C)=C2CC=C(C)[C@H]2[C@@H]2OC(=O)[C@@](C)(OC(=O)/C(C)=C\C)[C@@H]21. The van der Waals surface area contributed by atoms with Crippen LogP contribution in [0.4, 0.5) is 0 Å². The predicted octanol–water partition coefficient (Wildman–Crippen LogP) is 4.36.